The molecule has 0 saturated carbocycles. The van der Waals surface area contributed by atoms with Gasteiger partial charge < -0.3 is 9.47 Å². The van der Waals surface area contributed by atoms with E-state index in [1.54, 1.807) is 14.2 Å². The average Bonchev–Trinajstić information content (AvgIpc) is 2.76. The monoisotopic (exact) mass is 382 g/mol. The molecule has 1 unspecified atom stereocenters. The molecule has 0 aromatic heterocycles. The number of ether oxygens (including phenoxy) is 2. The maximum atomic E-state index is 5.37. The van der Waals surface area contributed by atoms with Gasteiger partial charge in [0.1, 0.15) is 11.5 Å². The Labute approximate surface area is 172 Å². The summed E-state index contributed by atoms with van der Waals surface area (Å²) in [4.78, 5) is 0. The van der Waals surface area contributed by atoms with Crippen LogP contribution < -0.4 is 9.47 Å². The van der Waals surface area contributed by atoms with Crippen molar-refractivity contribution < 1.29 is 9.47 Å². The molecule has 0 aliphatic carbocycles. The molecule has 154 valence electrons. The van der Waals surface area contributed by atoms with E-state index in [9.17, 15) is 0 Å². The standard InChI is InChI=1S/C14H22O.C10H12O.C2H4/c1-4-8-12(5-2)11-13-9-6-7-10-14(13)15-3;1-3-6-9-7-4-5-8-10(9)11-2;1-2/h6-7,9-10,12H,4-5,8,11H2,1-3H3;3-5,7-8H,1,6H2,2H3;1-2H2. The third-order valence-corrected chi connectivity index (χ3v) is 4.53. The molecule has 28 heavy (non-hydrogen) atoms. The van der Waals surface area contributed by atoms with Gasteiger partial charge in [0.05, 0.1) is 14.2 Å². The Morgan fingerprint density at radius 1 is 0.857 bits per heavy atom. The van der Waals surface area contributed by atoms with Gasteiger partial charge in [-0.25, -0.2) is 0 Å². The zero-order chi connectivity index (χ0) is 21.2. The lowest BCUT2D eigenvalue weighted by Gasteiger charge is -2.15. The minimum Gasteiger partial charge on any atom is -0.496 e. The second kappa shape index (κ2) is 16.7. The van der Waals surface area contributed by atoms with Crippen LogP contribution in [0.25, 0.3) is 0 Å². The quantitative estimate of drug-likeness (QED) is 0.424. The van der Waals surface area contributed by atoms with Gasteiger partial charge in [0.2, 0.25) is 0 Å². The minimum absolute atomic E-state index is 0.797. The highest BCUT2D eigenvalue weighted by Crippen LogP contribution is 2.24. The highest BCUT2D eigenvalue weighted by atomic mass is 16.5. The number of benzene rings is 2. The summed E-state index contributed by atoms with van der Waals surface area (Å²) in [6.07, 6.45) is 7.73. The molecule has 2 nitrogen and oxygen atoms in total. The maximum Gasteiger partial charge on any atom is 0.122 e. The second-order valence-corrected chi connectivity index (χ2v) is 6.38. The van der Waals surface area contributed by atoms with Crippen molar-refractivity contribution in [3.63, 3.8) is 0 Å². The Kier molecular flexibility index (Phi) is 15.2. The molecular weight excluding hydrogens is 344 g/mol. The van der Waals surface area contributed by atoms with Crippen molar-refractivity contribution in [2.24, 2.45) is 5.92 Å². The molecule has 0 fully saturated rings. The van der Waals surface area contributed by atoms with Gasteiger partial charge in [-0.2, -0.15) is 0 Å². The van der Waals surface area contributed by atoms with Crippen molar-refractivity contribution in [3.8, 4) is 11.5 Å². The summed E-state index contributed by atoms with van der Waals surface area (Å²) in [6, 6.07) is 16.3. The van der Waals surface area contributed by atoms with E-state index in [1.807, 2.05) is 42.5 Å². The Morgan fingerprint density at radius 3 is 1.82 bits per heavy atom. The summed E-state index contributed by atoms with van der Waals surface area (Å²) in [5.41, 5.74) is 2.53. The van der Waals surface area contributed by atoms with E-state index in [1.165, 1.54) is 30.4 Å². The molecule has 0 N–H and O–H groups in total. The number of methoxy groups -OCH3 is 2. The topological polar surface area (TPSA) is 18.5 Å². The van der Waals surface area contributed by atoms with Gasteiger partial charge >= 0.3 is 0 Å². The van der Waals surface area contributed by atoms with Crippen LogP contribution in [-0.4, -0.2) is 14.2 Å². The van der Waals surface area contributed by atoms with Crippen LogP contribution in [-0.2, 0) is 12.8 Å². The normalized spacial score (nSPS) is 10.4. The fourth-order valence-electron chi connectivity index (χ4n) is 3.07. The highest BCUT2D eigenvalue weighted by Gasteiger charge is 2.09. The molecule has 2 rings (SSSR count). The van der Waals surface area contributed by atoms with Crippen LogP contribution in [0.5, 0.6) is 11.5 Å². The van der Waals surface area contributed by atoms with Crippen molar-refractivity contribution in [1.82, 2.24) is 0 Å². The van der Waals surface area contributed by atoms with Gasteiger partial charge in [-0.05, 0) is 42.0 Å². The number of hydrogen-bond donors (Lipinski definition) is 0. The van der Waals surface area contributed by atoms with E-state index in [0.717, 1.165) is 30.3 Å². The molecule has 2 aromatic carbocycles. The van der Waals surface area contributed by atoms with E-state index < -0.39 is 0 Å². The summed E-state index contributed by atoms with van der Waals surface area (Å²) in [5, 5.41) is 0. The zero-order valence-electron chi connectivity index (χ0n) is 18.2. The predicted molar refractivity (Wildman–Crippen MR) is 124 cm³/mol. The first-order valence-corrected chi connectivity index (χ1v) is 10.0. The fraction of sp³-hybridized carbons (Fsp3) is 0.385. The molecule has 0 spiro atoms. The molecule has 0 saturated heterocycles. The Hall–Kier alpha value is -2.48. The Morgan fingerprint density at radius 2 is 1.36 bits per heavy atom. The lowest BCUT2D eigenvalue weighted by atomic mass is 9.92. The number of allylic oxidation sites excluding steroid dienone is 1. The highest BCUT2D eigenvalue weighted by molar-refractivity contribution is 5.34. The minimum atomic E-state index is 0.797. The lowest BCUT2D eigenvalue weighted by molar-refractivity contribution is 0.398. The molecule has 2 aromatic rings. The Bertz CT molecular complexity index is 648. The number of rotatable bonds is 9. The lowest BCUT2D eigenvalue weighted by Crippen LogP contribution is -2.04. The molecule has 0 bridgehead atoms. The SMILES string of the molecule is C=C.C=CCc1ccccc1OC.CCCC(CC)Cc1ccccc1OC. The largest absolute Gasteiger partial charge is 0.496 e. The summed E-state index contributed by atoms with van der Waals surface area (Å²) in [7, 11) is 3.43. The predicted octanol–water partition coefficient (Wildman–Crippen LogP) is 7.29. The van der Waals surface area contributed by atoms with Crippen molar-refractivity contribution in [3.05, 3.63) is 85.5 Å². The summed E-state index contributed by atoms with van der Waals surface area (Å²) in [6.45, 7) is 14.2. The first kappa shape index (κ1) is 25.5. The van der Waals surface area contributed by atoms with Crippen LogP contribution in [0.15, 0.2) is 74.3 Å². The van der Waals surface area contributed by atoms with E-state index in [0.29, 0.717) is 0 Å². The van der Waals surface area contributed by atoms with Crippen molar-refractivity contribution in [1.29, 1.82) is 0 Å². The van der Waals surface area contributed by atoms with E-state index in [2.05, 4.69) is 45.7 Å². The van der Waals surface area contributed by atoms with Crippen molar-refractivity contribution in [2.75, 3.05) is 14.2 Å². The molecule has 2 heteroatoms. The van der Waals surface area contributed by atoms with Gasteiger partial charge in [0, 0.05) is 0 Å². The van der Waals surface area contributed by atoms with Crippen molar-refractivity contribution >= 4 is 0 Å². The van der Waals surface area contributed by atoms with Crippen LogP contribution in [0.2, 0.25) is 0 Å². The molecule has 0 heterocycles. The molecule has 0 radical (unpaired) electrons. The van der Waals surface area contributed by atoms with Crippen molar-refractivity contribution in [2.45, 2.75) is 46.0 Å². The third-order valence-electron chi connectivity index (χ3n) is 4.53. The fourth-order valence-corrected chi connectivity index (χ4v) is 3.07. The van der Waals surface area contributed by atoms with Crippen LogP contribution in [0.3, 0.4) is 0 Å². The van der Waals surface area contributed by atoms with Gasteiger partial charge in [-0.1, -0.05) is 75.6 Å². The van der Waals surface area contributed by atoms with Gasteiger partial charge in [-0.3, -0.25) is 0 Å². The van der Waals surface area contributed by atoms with Gasteiger partial charge in [0.25, 0.3) is 0 Å². The molecule has 1 atom stereocenters. The van der Waals surface area contributed by atoms with E-state index in [4.69, 9.17) is 9.47 Å². The van der Waals surface area contributed by atoms with E-state index >= 15 is 0 Å². The smallest absolute Gasteiger partial charge is 0.122 e. The second-order valence-electron chi connectivity index (χ2n) is 6.38. The third kappa shape index (κ3) is 9.45. The molecule has 0 aliphatic rings. The van der Waals surface area contributed by atoms with Crippen LogP contribution >= 0.6 is 0 Å². The first-order valence-electron chi connectivity index (χ1n) is 10.0. The number of hydrogen-bond acceptors (Lipinski definition) is 2. The number of para-hydroxylation sites is 2. The molecule has 0 aliphatic heterocycles. The summed E-state index contributed by atoms with van der Waals surface area (Å²) < 4.78 is 10.5. The molecule has 0 amide bonds. The average molecular weight is 383 g/mol. The zero-order valence-corrected chi connectivity index (χ0v) is 18.2. The summed E-state index contributed by atoms with van der Waals surface area (Å²) in [5.74, 6) is 2.77. The van der Waals surface area contributed by atoms with E-state index in [-0.39, 0.29) is 0 Å². The Balaban J connectivity index is 0.000000497. The van der Waals surface area contributed by atoms with Gasteiger partial charge in [-0.15, -0.1) is 19.7 Å². The van der Waals surface area contributed by atoms with Gasteiger partial charge in [0.15, 0.2) is 0 Å². The maximum absolute atomic E-state index is 5.37. The van der Waals surface area contributed by atoms with Crippen LogP contribution in [0.4, 0.5) is 0 Å². The van der Waals surface area contributed by atoms with Crippen LogP contribution in [0, 0.1) is 5.92 Å². The summed E-state index contributed by atoms with van der Waals surface area (Å²) >= 11 is 0. The first-order chi connectivity index (χ1) is 13.7. The molecular formula is C26H38O2. The van der Waals surface area contributed by atoms with Crippen LogP contribution in [0.1, 0.15) is 44.2 Å².